The molecule has 15 heavy (non-hydrogen) atoms. The second-order valence-corrected chi connectivity index (χ2v) is 4.75. The first-order chi connectivity index (χ1) is 7.24. The van der Waals surface area contributed by atoms with E-state index in [4.69, 9.17) is 4.74 Å². The SMILES string of the molecule is CCCCCC(=O)O[C@H]1CCCC[C@@H]1C. The normalized spacial score (nSPS) is 26.3. The zero-order chi connectivity index (χ0) is 11.1. The molecule has 0 bridgehead atoms. The van der Waals surface area contributed by atoms with Crippen molar-refractivity contribution in [2.45, 2.75) is 71.3 Å². The molecule has 1 fully saturated rings. The van der Waals surface area contributed by atoms with Crippen LogP contribution in [0.3, 0.4) is 0 Å². The molecule has 0 spiro atoms. The molecule has 88 valence electrons. The van der Waals surface area contributed by atoms with Crippen molar-refractivity contribution in [3.63, 3.8) is 0 Å². The molecule has 0 heterocycles. The van der Waals surface area contributed by atoms with Crippen molar-refractivity contribution in [2.24, 2.45) is 5.92 Å². The Labute approximate surface area is 93.4 Å². The summed E-state index contributed by atoms with van der Waals surface area (Å²) in [6.07, 6.45) is 8.89. The number of carbonyl (C=O) groups is 1. The van der Waals surface area contributed by atoms with Gasteiger partial charge in [-0.1, -0.05) is 33.1 Å². The third-order valence-corrected chi connectivity index (χ3v) is 3.30. The fraction of sp³-hybridized carbons (Fsp3) is 0.923. The maximum Gasteiger partial charge on any atom is 0.306 e. The van der Waals surface area contributed by atoms with Crippen LogP contribution in [0.2, 0.25) is 0 Å². The fourth-order valence-corrected chi connectivity index (χ4v) is 2.20. The first-order valence-corrected chi connectivity index (χ1v) is 6.43. The maximum atomic E-state index is 11.5. The Kier molecular flexibility index (Phi) is 5.74. The molecule has 1 saturated carbocycles. The Bertz CT molecular complexity index is 189. The first-order valence-electron chi connectivity index (χ1n) is 6.43. The lowest BCUT2D eigenvalue weighted by Gasteiger charge is -2.28. The predicted molar refractivity (Wildman–Crippen MR) is 61.7 cm³/mol. The van der Waals surface area contributed by atoms with Gasteiger partial charge in [-0.15, -0.1) is 0 Å². The molecular formula is C13H24O2. The lowest BCUT2D eigenvalue weighted by atomic mass is 9.88. The highest BCUT2D eigenvalue weighted by Crippen LogP contribution is 2.26. The molecule has 2 atom stereocenters. The zero-order valence-corrected chi connectivity index (χ0v) is 10.1. The van der Waals surface area contributed by atoms with E-state index in [1.54, 1.807) is 0 Å². The topological polar surface area (TPSA) is 26.3 Å². The van der Waals surface area contributed by atoms with Gasteiger partial charge in [0.25, 0.3) is 0 Å². The van der Waals surface area contributed by atoms with E-state index in [0.29, 0.717) is 12.3 Å². The highest BCUT2D eigenvalue weighted by Gasteiger charge is 2.24. The molecule has 0 aliphatic heterocycles. The van der Waals surface area contributed by atoms with E-state index >= 15 is 0 Å². The highest BCUT2D eigenvalue weighted by atomic mass is 16.5. The first kappa shape index (κ1) is 12.5. The van der Waals surface area contributed by atoms with Crippen LogP contribution in [0.15, 0.2) is 0 Å². The number of carbonyl (C=O) groups excluding carboxylic acids is 1. The molecule has 0 aromatic heterocycles. The molecule has 0 aromatic rings. The quantitative estimate of drug-likeness (QED) is 0.513. The Morgan fingerprint density at radius 2 is 2.00 bits per heavy atom. The highest BCUT2D eigenvalue weighted by molar-refractivity contribution is 5.69. The van der Waals surface area contributed by atoms with Gasteiger partial charge in [-0.3, -0.25) is 4.79 Å². The summed E-state index contributed by atoms with van der Waals surface area (Å²) in [6.45, 7) is 4.34. The number of hydrogen-bond donors (Lipinski definition) is 0. The second-order valence-electron chi connectivity index (χ2n) is 4.75. The van der Waals surface area contributed by atoms with Gasteiger partial charge in [0.05, 0.1) is 0 Å². The van der Waals surface area contributed by atoms with Crippen molar-refractivity contribution in [3.8, 4) is 0 Å². The van der Waals surface area contributed by atoms with E-state index in [1.165, 1.54) is 19.3 Å². The maximum absolute atomic E-state index is 11.5. The van der Waals surface area contributed by atoms with Gasteiger partial charge in [0, 0.05) is 6.42 Å². The van der Waals surface area contributed by atoms with Crippen molar-refractivity contribution < 1.29 is 9.53 Å². The Balaban J connectivity index is 2.18. The average Bonchev–Trinajstić information content (AvgIpc) is 2.22. The second kappa shape index (κ2) is 6.86. The minimum Gasteiger partial charge on any atom is -0.462 e. The van der Waals surface area contributed by atoms with Crippen LogP contribution >= 0.6 is 0 Å². The minimum absolute atomic E-state index is 0.0159. The molecule has 1 rings (SSSR count). The third-order valence-electron chi connectivity index (χ3n) is 3.30. The van der Waals surface area contributed by atoms with Crippen LogP contribution in [0.5, 0.6) is 0 Å². The van der Waals surface area contributed by atoms with Gasteiger partial charge in [0.1, 0.15) is 6.10 Å². The van der Waals surface area contributed by atoms with Gasteiger partial charge in [0.15, 0.2) is 0 Å². The van der Waals surface area contributed by atoms with E-state index in [9.17, 15) is 4.79 Å². The van der Waals surface area contributed by atoms with E-state index in [1.807, 2.05) is 0 Å². The molecule has 0 radical (unpaired) electrons. The molecule has 0 unspecified atom stereocenters. The lowest BCUT2D eigenvalue weighted by molar-refractivity contribution is -0.153. The number of unbranched alkanes of at least 4 members (excludes halogenated alkanes) is 2. The standard InChI is InChI=1S/C13H24O2/c1-3-4-5-10-13(14)15-12-9-7-6-8-11(12)2/h11-12H,3-10H2,1-2H3/t11-,12-/m0/s1. The van der Waals surface area contributed by atoms with Gasteiger partial charge >= 0.3 is 5.97 Å². The van der Waals surface area contributed by atoms with Crippen molar-refractivity contribution in [3.05, 3.63) is 0 Å². The molecule has 0 aromatic carbocycles. The summed E-state index contributed by atoms with van der Waals surface area (Å²) in [5, 5.41) is 0. The van der Waals surface area contributed by atoms with Crippen molar-refractivity contribution in [2.75, 3.05) is 0 Å². The fourth-order valence-electron chi connectivity index (χ4n) is 2.20. The van der Waals surface area contributed by atoms with Crippen LogP contribution in [0.1, 0.15) is 65.2 Å². The number of ether oxygens (including phenoxy) is 1. The summed E-state index contributed by atoms with van der Waals surface area (Å²) in [5.41, 5.74) is 0. The van der Waals surface area contributed by atoms with Crippen molar-refractivity contribution >= 4 is 5.97 Å². The van der Waals surface area contributed by atoms with Crippen LogP contribution < -0.4 is 0 Å². The largest absolute Gasteiger partial charge is 0.462 e. The number of hydrogen-bond acceptors (Lipinski definition) is 2. The molecular weight excluding hydrogens is 188 g/mol. The summed E-state index contributed by atoms with van der Waals surface area (Å²) in [5.74, 6) is 0.580. The summed E-state index contributed by atoms with van der Waals surface area (Å²) >= 11 is 0. The molecule has 1 aliphatic carbocycles. The minimum atomic E-state index is 0.0159. The van der Waals surface area contributed by atoms with Gasteiger partial charge in [-0.25, -0.2) is 0 Å². The Morgan fingerprint density at radius 3 is 2.67 bits per heavy atom. The van der Waals surface area contributed by atoms with E-state index in [0.717, 1.165) is 25.7 Å². The number of esters is 1. The molecule has 0 amide bonds. The van der Waals surface area contributed by atoms with Crippen LogP contribution in [-0.4, -0.2) is 12.1 Å². The van der Waals surface area contributed by atoms with E-state index < -0.39 is 0 Å². The molecule has 0 N–H and O–H groups in total. The zero-order valence-electron chi connectivity index (χ0n) is 10.1. The van der Waals surface area contributed by atoms with E-state index in [2.05, 4.69) is 13.8 Å². The molecule has 0 saturated heterocycles. The molecule has 2 heteroatoms. The van der Waals surface area contributed by atoms with Gasteiger partial charge < -0.3 is 4.74 Å². The Hall–Kier alpha value is -0.530. The van der Waals surface area contributed by atoms with Crippen LogP contribution in [0, 0.1) is 5.92 Å². The third kappa shape index (κ3) is 4.67. The lowest BCUT2D eigenvalue weighted by Crippen LogP contribution is -2.28. The van der Waals surface area contributed by atoms with Crippen molar-refractivity contribution in [1.29, 1.82) is 0 Å². The predicted octanol–water partition coefficient (Wildman–Crippen LogP) is 3.69. The Morgan fingerprint density at radius 1 is 1.27 bits per heavy atom. The monoisotopic (exact) mass is 212 g/mol. The molecule has 1 aliphatic rings. The van der Waals surface area contributed by atoms with Crippen LogP contribution in [-0.2, 0) is 9.53 Å². The van der Waals surface area contributed by atoms with Gasteiger partial charge in [0.2, 0.25) is 0 Å². The van der Waals surface area contributed by atoms with Crippen LogP contribution in [0.25, 0.3) is 0 Å². The smallest absolute Gasteiger partial charge is 0.306 e. The van der Waals surface area contributed by atoms with E-state index in [-0.39, 0.29) is 12.1 Å². The van der Waals surface area contributed by atoms with Crippen molar-refractivity contribution in [1.82, 2.24) is 0 Å². The molecule has 2 nitrogen and oxygen atoms in total. The van der Waals surface area contributed by atoms with Gasteiger partial charge in [-0.05, 0) is 31.6 Å². The summed E-state index contributed by atoms with van der Waals surface area (Å²) < 4.78 is 5.51. The van der Waals surface area contributed by atoms with Gasteiger partial charge in [-0.2, -0.15) is 0 Å². The number of rotatable bonds is 5. The summed E-state index contributed by atoms with van der Waals surface area (Å²) in [4.78, 5) is 11.5. The summed E-state index contributed by atoms with van der Waals surface area (Å²) in [6, 6.07) is 0. The average molecular weight is 212 g/mol. The summed E-state index contributed by atoms with van der Waals surface area (Å²) in [7, 11) is 0. The van der Waals surface area contributed by atoms with Crippen LogP contribution in [0.4, 0.5) is 0 Å².